The summed E-state index contributed by atoms with van der Waals surface area (Å²) >= 11 is 0. The van der Waals surface area contributed by atoms with Crippen LogP contribution in [-0.4, -0.2) is 34.7 Å². The Balaban J connectivity index is 3.12. The first-order valence-electron chi connectivity index (χ1n) is 4.30. The molecule has 6 nitrogen and oxygen atoms in total. The Hall–Kier alpha value is -1.98. The van der Waals surface area contributed by atoms with Crippen molar-refractivity contribution in [3.8, 4) is 0 Å². The molecular formula is C9H12N4O2. The first-order chi connectivity index (χ1) is 6.93. The molecule has 0 amide bonds. The monoisotopic (exact) mass is 208 g/mol. The van der Waals surface area contributed by atoms with E-state index in [0.717, 1.165) is 0 Å². The molecule has 1 rings (SSSR count). The Kier molecular flexibility index (Phi) is 2.99. The molecule has 0 saturated carbocycles. The van der Waals surface area contributed by atoms with Gasteiger partial charge in [-0.05, 0) is 13.0 Å². The number of nitrogens with one attached hydrogen (secondary N) is 1. The van der Waals surface area contributed by atoms with Gasteiger partial charge in [0, 0.05) is 19.7 Å². The molecule has 0 aliphatic carbocycles. The van der Waals surface area contributed by atoms with Crippen molar-refractivity contribution in [2.45, 2.75) is 6.92 Å². The van der Waals surface area contributed by atoms with Crippen molar-refractivity contribution in [2.75, 3.05) is 14.1 Å². The summed E-state index contributed by atoms with van der Waals surface area (Å²) in [5, 5.41) is 18.2. The molecule has 0 spiro atoms. The van der Waals surface area contributed by atoms with Crippen LogP contribution in [0.3, 0.4) is 0 Å². The van der Waals surface area contributed by atoms with Gasteiger partial charge in [-0.1, -0.05) is 0 Å². The quantitative estimate of drug-likeness (QED) is 0.342. The third-order valence-corrected chi connectivity index (χ3v) is 1.97. The average Bonchev–Trinajstić information content (AvgIpc) is 2.15. The van der Waals surface area contributed by atoms with Crippen molar-refractivity contribution in [1.82, 2.24) is 9.88 Å². The highest BCUT2D eigenvalue weighted by molar-refractivity contribution is 5.94. The van der Waals surface area contributed by atoms with Gasteiger partial charge in [-0.3, -0.25) is 15.5 Å². The standard InChI is InChI=1S/C9H12N4O2/c1-6-4-7(9(10)12(2)3)11-5-8(6)13(14)15/h4-5,10H,1-3H3. The smallest absolute Gasteiger partial charge is 0.290 e. The van der Waals surface area contributed by atoms with Crippen molar-refractivity contribution < 1.29 is 4.92 Å². The van der Waals surface area contributed by atoms with Crippen LogP contribution in [0.1, 0.15) is 11.3 Å². The average molecular weight is 208 g/mol. The number of hydrogen-bond donors (Lipinski definition) is 1. The predicted octanol–water partition coefficient (Wildman–Crippen LogP) is 1.19. The predicted molar refractivity (Wildman–Crippen MR) is 56.1 cm³/mol. The topological polar surface area (TPSA) is 83.1 Å². The third-order valence-electron chi connectivity index (χ3n) is 1.97. The second-order valence-electron chi connectivity index (χ2n) is 3.36. The Labute approximate surface area is 87.2 Å². The van der Waals surface area contributed by atoms with Crippen LogP contribution in [0, 0.1) is 22.4 Å². The third kappa shape index (κ3) is 2.28. The Morgan fingerprint density at radius 1 is 1.60 bits per heavy atom. The number of aromatic nitrogens is 1. The van der Waals surface area contributed by atoms with Crippen molar-refractivity contribution in [3.63, 3.8) is 0 Å². The molecule has 1 aromatic rings. The summed E-state index contributed by atoms with van der Waals surface area (Å²) < 4.78 is 0. The number of rotatable bonds is 2. The number of aryl methyl sites for hydroxylation is 1. The van der Waals surface area contributed by atoms with Crippen LogP contribution < -0.4 is 0 Å². The van der Waals surface area contributed by atoms with Crippen LogP contribution in [0.15, 0.2) is 12.3 Å². The fraction of sp³-hybridized carbons (Fsp3) is 0.333. The van der Waals surface area contributed by atoms with Gasteiger partial charge in [0.05, 0.1) is 4.92 Å². The van der Waals surface area contributed by atoms with Gasteiger partial charge in [-0.25, -0.2) is 4.98 Å². The highest BCUT2D eigenvalue weighted by Gasteiger charge is 2.13. The van der Waals surface area contributed by atoms with E-state index in [1.807, 2.05) is 0 Å². The molecule has 0 aromatic carbocycles. The zero-order chi connectivity index (χ0) is 11.6. The lowest BCUT2D eigenvalue weighted by molar-refractivity contribution is -0.385. The summed E-state index contributed by atoms with van der Waals surface area (Å²) in [7, 11) is 3.45. The Morgan fingerprint density at radius 3 is 2.60 bits per heavy atom. The molecule has 0 atom stereocenters. The van der Waals surface area contributed by atoms with Crippen LogP contribution in [0.5, 0.6) is 0 Å². The molecule has 6 heteroatoms. The summed E-state index contributed by atoms with van der Waals surface area (Å²) in [6.07, 6.45) is 1.18. The lowest BCUT2D eigenvalue weighted by atomic mass is 10.2. The van der Waals surface area contributed by atoms with E-state index < -0.39 is 4.92 Å². The first-order valence-corrected chi connectivity index (χ1v) is 4.30. The summed E-state index contributed by atoms with van der Waals surface area (Å²) in [6.45, 7) is 1.63. The fourth-order valence-electron chi connectivity index (χ4n) is 1.10. The van der Waals surface area contributed by atoms with Gasteiger partial charge in [0.15, 0.2) is 0 Å². The summed E-state index contributed by atoms with van der Waals surface area (Å²) in [5.41, 5.74) is 0.921. The van der Waals surface area contributed by atoms with Crippen LogP contribution in [0.4, 0.5) is 5.69 Å². The van der Waals surface area contributed by atoms with Crippen molar-refractivity contribution in [1.29, 1.82) is 5.41 Å². The number of amidine groups is 1. The molecule has 80 valence electrons. The van der Waals surface area contributed by atoms with Crippen molar-refractivity contribution in [3.05, 3.63) is 33.6 Å². The molecular weight excluding hydrogens is 196 g/mol. The highest BCUT2D eigenvalue weighted by atomic mass is 16.6. The maximum Gasteiger partial charge on any atom is 0.290 e. The summed E-state index contributed by atoms with van der Waals surface area (Å²) in [6, 6.07) is 1.54. The lowest BCUT2D eigenvalue weighted by Gasteiger charge is -2.12. The van der Waals surface area contributed by atoms with E-state index in [4.69, 9.17) is 5.41 Å². The Morgan fingerprint density at radius 2 is 2.20 bits per heavy atom. The van der Waals surface area contributed by atoms with E-state index in [2.05, 4.69) is 4.98 Å². The molecule has 1 N–H and O–H groups in total. The van der Waals surface area contributed by atoms with Gasteiger partial charge in [-0.2, -0.15) is 0 Å². The molecule has 0 aliphatic rings. The number of hydrogen-bond acceptors (Lipinski definition) is 4. The largest absolute Gasteiger partial charge is 0.361 e. The van der Waals surface area contributed by atoms with Gasteiger partial charge < -0.3 is 4.90 Å². The SMILES string of the molecule is Cc1cc(C(=N)N(C)C)ncc1[N+](=O)[O-]. The van der Waals surface area contributed by atoms with E-state index in [1.54, 1.807) is 32.0 Å². The van der Waals surface area contributed by atoms with Gasteiger partial charge in [0.25, 0.3) is 5.69 Å². The zero-order valence-corrected chi connectivity index (χ0v) is 8.81. The number of nitro groups is 1. The maximum atomic E-state index is 10.5. The van der Waals surface area contributed by atoms with E-state index in [1.165, 1.54) is 6.20 Å². The fourth-order valence-corrected chi connectivity index (χ4v) is 1.10. The molecule has 0 fully saturated rings. The van der Waals surface area contributed by atoms with E-state index in [0.29, 0.717) is 11.3 Å². The molecule has 15 heavy (non-hydrogen) atoms. The Bertz CT molecular complexity index is 415. The summed E-state index contributed by atoms with van der Waals surface area (Å²) in [4.78, 5) is 15.5. The van der Waals surface area contributed by atoms with Gasteiger partial charge >= 0.3 is 0 Å². The second kappa shape index (κ2) is 4.04. The molecule has 0 bridgehead atoms. The minimum atomic E-state index is -0.481. The van der Waals surface area contributed by atoms with Gasteiger partial charge in [0.1, 0.15) is 17.7 Å². The lowest BCUT2D eigenvalue weighted by Crippen LogP contribution is -2.22. The van der Waals surface area contributed by atoms with E-state index in [-0.39, 0.29) is 11.5 Å². The number of pyridine rings is 1. The molecule has 1 aromatic heterocycles. The van der Waals surface area contributed by atoms with Crippen LogP contribution in [0.2, 0.25) is 0 Å². The minimum Gasteiger partial charge on any atom is -0.361 e. The maximum absolute atomic E-state index is 10.5. The van der Waals surface area contributed by atoms with Crippen molar-refractivity contribution in [2.24, 2.45) is 0 Å². The van der Waals surface area contributed by atoms with E-state index >= 15 is 0 Å². The van der Waals surface area contributed by atoms with Gasteiger partial charge in [0.2, 0.25) is 0 Å². The normalized spacial score (nSPS) is 9.80. The molecule has 1 heterocycles. The van der Waals surface area contributed by atoms with Gasteiger partial charge in [-0.15, -0.1) is 0 Å². The molecule has 0 aliphatic heterocycles. The number of nitrogens with zero attached hydrogens (tertiary/aromatic N) is 3. The minimum absolute atomic E-state index is 0.0229. The van der Waals surface area contributed by atoms with E-state index in [9.17, 15) is 10.1 Å². The molecule has 0 saturated heterocycles. The molecule has 0 radical (unpaired) electrons. The molecule has 0 unspecified atom stereocenters. The van der Waals surface area contributed by atoms with Crippen LogP contribution in [0.25, 0.3) is 0 Å². The van der Waals surface area contributed by atoms with Crippen molar-refractivity contribution >= 4 is 11.5 Å². The first kappa shape index (κ1) is 11.1. The summed E-state index contributed by atoms with van der Waals surface area (Å²) in [5.74, 6) is 0.230. The van der Waals surface area contributed by atoms with Crippen LogP contribution >= 0.6 is 0 Å². The second-order valence-corrected chi connectivity index (χ2v) is 3.36. The zero-order valence-electron chi connectivity index (χ0n) is 8.81. The highest BCUT2D eigenvalue weighted by Crippen LogP contribution is 2.16. The van der Waals surface area contributed by atoms with Crippen LogP contribution in [-0.2, 0) is 0 Å².